The van der Waals surface area contributed by atoms with Crippen LogP contribution in [0, 0.1) is 5.82 Å². The van der Waals surface area contributed by atoms with E-state index in [0.717, 1.165) is 0 Å². The number of rotatable bonds is 5. The van der Waals surface area contributed by atoms with E-state index in [1.807, 2.05) is 0 Å². The summed E-state index contributed by atoms with van der Waals surface area (Å²) in [5.74, 6) is 0.351. The Morgan fingerprint density at radius 1 is 1.57 bits per heavy atom. The van der Waals surface area contributed by atoms with Gasteiger partial charge in [0.1, 0.15) is 12.1 Å². The zero-order chi connectivity index (χ0) is 10.4. The van der Waals surface area contributed by atoms with E-state index in [2.05, 4.69) is 0 Å². The highest BCUT2D eigenvalue weighted by atomic mass is 32.2. The zero-order valence-corrected chi connectivity index (χ0v) is 8.64. The molecule has 0 unspecified atom stereocenters. The Kier molecular flexibility index (Phi) is 4.62. The molecule has 2 nitrogen and oxygen atoms in total. The standard InChI is InChI=1S/C10H11FO2S/c1-13-4-5-14-10-3-2-8(7-12)6-9(10)11/h2-3,6-7H,4-5H2,1H3. The van der Waals surface area contributed by atoms with Gasteiger partial charge in [-0.25, -0.2) is 4.39 Å². The summed E-state index contributed by atoms with van der Waals surface area (Å²) in [5, 5.41) is 0. The number of carbonyl (C=O) groups is 1. The van der Waals surface area contributed by atoms with Crippen LogP contribution < -0.4 is 0 Å². The van der Waals surface area contributed by atoms with E-state index in [4.69, 9.17) is 4.74 Å². The Morgan fingerprint density at radius 2 is 2.36 bits per heavy atom. The third kappa shape index (κ3) is 3.12. The summed E-state index contributed by atoms with van der Waals surface area (Å²) in [7, 11) is 1.60. The van der Waals surface area contributed by atoms with E-state index in [-0.39, 0.29) is 5.82 Å². The van der Waals surface area contributed by atoms with Crippen molar-refractivity contribution in [2.75, 3.05) is 19.5 Å². The summed E-state index contributed by atoms with van der Waals surface area (Å²) < 4.78 is 18.1. The molecule has 0 bridgehead atoms. The van der Waals surface area contributed by atoms with Gasteiger partial charge in [-0.05, 0) is 12.1 Å². The Balaban J connectivity index is 2.64. The van der Waals surface area contributed by atoms with E-state index in [9.17, 15) is 9.18 Å². The van der Waals surface area contributed by atoms with Crippen molar-refractivity contribution in [3.8, 4) is 0 Å². The average molecular weight is 214 g/mol. The molecular weight excluding hydrogens is 203 g/mol. The second-order valence-electron chi connectivity index (χ2n) is 2.65. The second kappa shape index (κ2) is 5.78. The maximum Gasteiger partial charge on any atom is 0.150 e. The lowest BCUT2D eigenvalue weighted by molar-refractivity contribution is 0.112. The molecule has 0 amide bonds. The Labute approximate surface area is 86.5 Å². The van der Waals surface area contributed by atoms with Crippen LogP contribution in [-0.2, 0) is 4.74 Å². The summed E-state index contributed by atoms with van der Waals surface area (Å²) in [6.07, 6.45) is 0.632. The molecule has 0 N–H and O–H groups in total. The molecule has 14 heavy (non-hydrogen) atoms. The number of hydrogen-bond donors (Lipinski definition) is 0. The molecule has 0 aliphatic heterocycles. The molecule has 76 valence electrons. The highest BCUT2D eigenvalue weighted by molar-refractivity contribution is 7.99. The minimum atomic E-state index is -0.351. The van der Waals surface area contributed by atoms with E-state index in [0.29, 0.717) is 29.1 Å². The van der Waals surface area contributed by atoms with Gasteiger partial charge in [0.25, 0.3) is 0 Å². The molecule has 0 heterocycles. The summed E-state index contributed by atoms with van der Waals surface area (Å²) in [5.41, 5.74) is 0.360. The van der Waals surface area contributed by atoms with Gasteiger partial charge in [0.05, 0.1) is 6.61 Å². The minimum Gasteiger partial charge on any atom is -0.384 e. The van der Waals surface area contributed by atoms with Crippen molar-refractivity contribution >= 4 is 18.0 Å². The van der Waals surface area contributed by atoms with Crippen molar-refractivity contribution in [2.24, 2.45) is 0 Å². The summed E-state index contributed by atoms with van der Waals surface area (Å²) in [6, 6.07) is 4.45. The van der Waals surface area contributed by atoms with E-state index in [1.54, 1.807) is 19.2 Å². The number of thioether (sulfide) groups is 1. The van der Waals surface area contributed by atoms with Crippen molar-refractivity contribution in [3.05, 3.63) is 29.6 Å². The lowest BCUT2D eigenvalue weighted by atomic mass is 10.2. The Morgan fingerprint density at radius 3 is 2.93 bits per heavy atom. The first kappa shape index (κ1) is 11.2. The first-order chi connectivity index (χ1) is 6.77. The van der Waals surface area contributed by atoms with Gasteiger partial charge in [0.15, 0.2) is 0 Å². The molecule has 0 spiro atoms. The van der Waals surface area contributed by atoms with Crippen LogP contribution in [0.15, 0.2) is 23.1 Å². The van der Waals surface area contributed by atoms with Gasteiger partial charge in [-0.15, -0.1) is 11.8 Å². The van der Waals surface area contributed by atoms with Gasteiger partial charge in [-0.1, -0.05) is 6.07 Å². The first-order valence-electron chi connectivity index (χ1n) is 4.14. The minimum absolute atomic E-state index is 0.351. The zero-order valence-electron chi connectivity index (χ0n) is 7.83. The fourth-order valence-electron chi connectivity index (χ4n) is 0.942. The molecule has 1 aromatic rings. The number of methoxy groups -OCH3 is 1. The van der Waals surface area contributed by atoms with E-state index in [1.165, 1.54) is 17.8 Å². The molecule has 1 aromatic carbocycles. The van der Waals surface area contributed by atoms with Crippen LogP contribution >= 0.6 is 11.8 Å². The molecule has 0 atom stereocenters. The van der Waals surface area contributed by atoms with Crippen LogP contribution in [-0.4, -0.2) is 25.8 Å². The molecule has 0 saturated heterocycles. The summed E-state index contributed by atoms with van der Waals surface area (Å²) in [6.45, 7) is 0.583. The van der Waals surface area contributed by atoms with Crippen LogP contribution in [0.1, 0.15) is 10.4 Å². The predicted molar refractivity (Wildman–Crippen MR) is 54.4 cm³/mol. The third-order valence-corrected chi connectivity index (χ3v) is 2.65. The molecule has 4 heteroatoms. The van der Waals surface area contributed by atoms with E-state index >= 15 is 0 Å². The maximum absolute atomic E-state index is 13.2. The molecule has 0 aliphatic carbocycles. The van der Waals surface area contributed by atoms with E-state index < -0.39 is 0 Å². The number of ether oxygens (including phenoxy) is 1. The molecule has 0 radical (unpaired) electrons. The number of carbonyl (C=O) groups excluding carboxylic acids is 1. The molecular formula is C10H11FO2S. The van der Waals surface area contributed by atoms with Crippen molar-refractivity contribution in [2.45, 2.75) is 4.90 Å². The number of halogens is 1. The number of hydrogen-bond acceptors (Lipinski definition) is 3. The molecule has 0 fully saturated rings. The third-order valence-electron chi connectivity index (χ3n) is 1.64. The van der Waals surface area contributed by atoms with Crippen molar-refractivity contribution in [1.82, 2.24) is 0 Å². The van der Waals surface area contributed by atoms with Crippen molar-refractivity contribution < 1.29 is 13.9 Å². The van der Waals surface area contributed by atoms with Gasteiger partial charge in [0, 0.05) is 23.3 Å². The van der Waals surface area contributed by atoms with Crippen LogP contribution in [0.5, 0.6) is 0 Å². The predicted octanol–water partition coefficient (Wildman–Crippen LogP) is 2.38. The Bertz CT molecular complexity index is 315. The molecule has 0 aliphatic rings. The average Bonchev–Trinajstić information content (AvgIpc) is 2.20. The highest BCUT2D eigenvalue weighted by Gasteiger charge is 2.03. The summed E-state index contributed by atoms with van der Waals surface area (Å²) >= 11 is 1.37. The number of benzene rings is 1. The second-order valence-corrected chi connectivity index (χ2v) is 3.79. The van der Waals surface area contributed by atoms with Crippen LogP contribution in [0.25, 0.3) is 0 Å². The van der Waals surface area contributed by atoms with Gasteiger partial charge >= 0.3 is 0 Å². The van der Waals surface area contributed by atoms with Gasteiger partial charge in [0.2, 0.25) is 0 Å². The topological polar surface area (TPSA) is 26.3 Å². The summed E-state index contributed by atoms with van der Waals surface area (Å²) in [4.78, 5) is 10.9. The van der Waals surface area contributed by atoms with Crippen LogP contribution in [0.3, 0.4) is 0 Å². The Hall–Kier alpha value is -0.870. The smallest absolute Gasteiger partial charge is 0.150 e. The fraction of sp³-hybridized carbons (Fsp3) is 0.300. The van der Waals surface area contributed by atoms with Gasteiger partial charge in [-0.2, -0.15) is 0 Å². The SMILES string of the molecule is COCCSc1ccc(C=O)cc1F. The van der Waals surface area contributed by atoms with Crippen LogP contribution in [0.2, 0.25) is 0 Å². The van der Waals surface area contributed by atoms with Gasteiger partial charge < -0.3 is 4.74 Å². The molecule has 1 rings (SSSR count). The molecule has 0 aromatic heterocycles. The lowest BCUT2D eigenvalue weighted by Crippen LogP contribution is -1.93. The van der Waals surface area contributed by atoms with Gasteiger partial charge in [-0.3, -0.25) is 4.79 Å². The highest BCUT2D eigenvalue weighted by Crippen LogP contribution is 2.21. The first-order valence-corrected chi connectivity index (χ1v) is 5.13. The number of aldehydes is 1. The van der Waals surface area contributed by atoms with Crippen molar-refractivity contribution in [3.63, 3.8) is 0 Å². The molecule has 0 saturated carbocycles. The van der Waals surface area contributed by atoms with Crippen molar-refractivity contribution in [1.29, 1.82) is 0 Å². The fourth-order valence-corrected chi connectivity index (χ4v) is 1.77. The monoisotopic (exact) mass is 214 g/mol. The quantitative estimate of drug-likeness (QED) is 0.427. The largest absolute Gasteiger partial charge is 0.384 e. The maximum atomic E-state index is 13.2. The lowest BCUT2D eigenvalue weighted by Gasteiger charge is -2.02. The van der Waals surface area contributed by atoms with Crippen LogP contribution in [0.4, 0.5) is 4.39 Å². The normalized spacial score (nSPS) is 10.1.